The molecule has 1 N–H and O–H groups in total. The fourth-order valence-corrected chi connectivity index (χ4v) is 5.58. The van der Waals surface area contributed by atoms with Crippen LogP contribution in [0.5, 0.6) is 0 Å². The van der Waals surface area contributed by atoms with E-state index < -0.39 is 0 Å². The predicted molar refractivity (Wildman–Crippen MR) is 70.8 cm³/mol. The second-order valence-corrected chi connectivity index (χ2v) is 7.60. The van der Waals surface area contributed by atoms with Gasteiger partial charge >= 0.3 is 0 Å². The summed E-state index contributed by atoms with van der Waals surface area (Å²) in [6.07, 6.45) is 12.3. The van der Waals surface area contributed by atoms with Gasteiger partial charge in [0, 0.05) is 12.1 Å². The normalized spacial score (nSPS) is 50.3. The van der Waals surface area contributed by atoms with Crippen molar-refractivity contribution in [3.8, 4) is 0 Å². The Labute approximate surface area is 106 Å². The average molecular weight is 233 g/mol. The summed E-state index contributed by atoms with van der Waals surface area (Å²) in [4.78, 5) is 0. The van der Waals surface area contributed by atoms with Gasteiger partial charge in [-0.2, -0.15) is 0 Å². The number of hydrogen-bond donors (Lipinski definition) is 1. The summed E-state index contributed by atoms with van der Waals surface area (Å²) in [6, 6.07) is 1.70. The molecule has 0 aliphatic heterocycles. The van der Waals surface area contributed by atoms with Gasteiger partial charge in [-0.25, -0.2) is 0 Å². The average Bonchev–Trinajstić information content (AvgIpc) is 2.19. The van der Waals surface area contributed by atoms with Crippen LogP contribution < -0.4 is 5.32 Å². The van der Waals surface area contributed by atoms with E-state index in [9.17, 15) is 0 Å². The first kappa shape index (κ1) is 10.8. The minimum Gasteiger partial charge on any atom is -0.311 e. The Morgan fingerprint density at radius 1 is 0.882 bits per heavy atom. The molecule has 0 radical (unpaired) electrons. The Morgan fingerprint density at radius 2 is 1.47 bits per heavy atom. The van der Waals surface area contributed by atoms with E-state index in [1.165, 1.54) is 19.3 Å². The van der Waals surface area contributed by atoms with Crippen molar-refractivity contribution in [2.24, 2.45) is 29.6 Å². The zero-order chi connectivity index (χ0) is 11.4. The lowest BCUT2D eigenvalue weighted by Crippen LogP contribution is -2.57. The molecule has 1 atom stereocenters. The molecule has 1 heteroatoms. The van der Waals surface area contributed by atoms with Crippen LogP contribution in [-0.2, 0) is 0 Å². The molecule has 0 spiro atoms. The molecule has 5 saturated carbocycles. The minimum absolute atomic E-state index is 0.797. The van der Waals surface area contributed by atoms with Gasteiger partial charge in [0.2, 0.25) is 0 Å². The van der Waals surface area contributed by atoms with Crippen molar-refractivity contribution in [1.82, 2.24) is 5.32 Å². The van der Waals surface area contributed by atoms with Gasteiger partial charge in [-0.15, -0.1) is 0 Å². The third-order valence-corrected chi connectivity index (χ3v) is 6.54. The Hall–Kier alpha value is -0.0400. The molecule has 5 aliphatic rings. The van der Waals surface area contributed by atoms with Crippen molar-refractivity contribution < 1.29 is 0 Å². The molecule has 0 aromatic carbocycles. The van der Waals surface area contributed by atoms with E-state index in [1.54, 1.807) is 32.1 Å². The van der Waals surface area contributed by atoms with E-state index >= 15 is 0 Å². The summed E-state index contributed by atoms with van der Waals surface area (Å²) in [7, 11) is 0. The zero-order valence-electron chi connectivity index (χ0n) is 11.2. The Bertz CT molecular complexity index is 266. The van der Waals surface area contributed by atoms with Crippen LogP contribution in [0, 0.1) is 29.6 Å². The molecule has 96 valence electrons. The van der Waals surface area contributed by atoms with Gasteiger partial charge in [-0.1, -0.05) is 6.42 Å². The van der Waals surface area contributed by atoms with Gasteiger partial charge in [-0.05, 0) is 81.5 Å². The van der Waals surface area contributed by atoms with Crippen LogP contribution in [0.15, 0.2) is 0 Å². The fraction of sp³-hybridized carbons (Fsp3) is 1.00. The van der Waals surface area contributed by atoms with Crippen molar-refractivity contribution >= 4 is 0 Å². The molecule has 5 rings (SSSR count). The third kappa shape index (κ3) is 1.77. The topological polar surface area (TPSA) is 12.0 Å². The molecular weight excluding hydrogens is 206 g/mol. The van der Waals surface area contributed by atoms with Gasteiger partial charge in [0.15, 0.2) is 0 Å². The molecule has 5 aliphatic carbocycles. The number of nitrogens with one attached hydrogen (secondary N) is 1. The first-order valence-corrected chi connectivity index (χ1v) is 8.05. The van der Waals surface area contributed by atoms with Crippen LogP contribution in [0.25, 0.3) is 0 Å². The lowest BCUT2D eigenvalue weighted by Gasteiger charge is -2.55. The first-order valence-electron chi connectivity index (χ1n) is 8.05. The second kappa shape index (κ2) is 3.98. The summed E-state index contributed by atoms with van der Waals surface area (Å²) in [5.74, 6) is 5.35. The first-order chi connectivity index (χ1) is 8.29. The smallest absolute Gasteiger partial charge is 0.0127 e. The minimum atomic E-state index is 0.797. The summed E-state index contributed by atoms with van der Waals surface area (Å²) in [5, 5.41) is 4.06. The highest BCUT2D eigenvalue weighted by atomic mass is 15.0. The lowest BCUT2D eigenvalue weighted by molar-refractivity contribution is -0.0213. The highest BCUT2D eigenvalue weighted by Gasteiger charge is 2.48. The molecule has 1 nitrogen and oxygen atoms in total. The van der Waals surface area contributed by atoms with Gasteiger partial charge < -0.3 is 5.32 Å². The molecular formula is C16H27N. The van der Waals surface area contributed by atoms with Gasteiger partial charge in [0.25, 0.3) is 0 Å². The molecule has 0 amide bonds. The summed E-state index contributed by atoms with van der Waals surface area (Å²) in [6.45, 7) is 2.45. The maximum Gasteiger partial charge on any atom is 0.0127 e. The molecule has 5 fully saturated rings. The van der Waals surface area contributed by atoms with Crippen LogP contribution >= 0.6 is 0 Å². The molecule has 0 heterocycles. The van der Waals surface area contributed by atoms with E-state index in [1.807, 2.05) is 0 Å². The number of hydrogen-bond acceptors (Lipinski definition) is 1. The van der Waals surface area contributed by atoms with Crippen molar-refractivity contribution in [3.05, 3.63) is 0 Å². The van der Waals surface area contributed by atoms with Crippen LogP contribution in [0.3, 0.4) is 0 Å². The van der Waals surface area contributed by atoms with Crippen molar-refractivity contribution in [3.63, 3.8) is 0 Å². The molecule has 0 aromatic heterocycles. The second-order valence-electron chi connectivity index (χ2n) is 7.60. The van der Waals surface area contributed by atoms with E-state index in [2.05, 4.69) is 12.2 Å². The number of rotatable bonds is 3. The third-order valence-electron chi connectivity index (χ3n) is 6.54. The SMILES string of the molecule is CC(NC1C2CC3CC(C2)CC1C3)C1CCC1. The standard InChI is InChI=1S/C16H27N/c1-10(13-3-2-4-13)17-16-14-6-11-5-12(8-14)9-15(16)7-11/h10-17H,2-9H2,1H3. The lowest BCUT2D eigenvalue weighted by atomic mass is 9.54. The largest absolute Gasteiger partial charge is 0.311 e. The Balaban J connectivity index is 1.43. The van der Waals surface area contributed by atoms with E-state index in [-0.39, 0.29) is 0 Å². The maximum absolute atomic E-state index is 4.06. The summed E-state index contributed by atoms with van der Waals surface area (Å²) >= 11 is 0. The Morgan fingerprint density at radius 3 is 1.94 bits per heavy atom. The maximum atomic E-state index is 4.06. The van der Waals surface area contributed by atoms with E-state index in [4.69, 9.17) is 0 Å². The van der Waals surface area contributed by atoms with E-state index in [0.717, 1.165) is 41.7 Å². The molecule has 4 bridgehead atoms. The highest BCUT2D eigenvalue weighted by molar-refractivity contribution is 5.02. The Kier molecular flexibility index (Phi) is 2.54. The quantitative estimate of drug-likeness (QED) is 0.785. The van der Waals surface area contributed by atoms with Crippen LogP contribution in [0.1, 0.15) is 58.3 Å². The fourth-order valence-electron chi connectivity index (χ4n) is 5.58. The van der Waals surface area contributed by atoms with Crippen molar-refractivity contribution in [2.45, 2.75) is 70.4 Å². The van der Waals surface area contributed by atoms with Crippen molar-refractivity contribution in [2.75, 3.05) is 0 Å². The monoisotopic (exact) mass is 233 g/mol. The zero-order valence-corrected chi connectivity index (χ0v) is 11.2. The van der Waals surface area contributed by atoms with Crippen molar-refractivity contribution in [1.29, 1.82) is 0 Å². The van der Waals surface area contributed by atoms with Gasteiger partial charge in [-0.3, -0.25) is 0 Å². The van der Waals surface area contributed by atoms with E-state index in [0.29, 0.717) is 0 Å². The van der Waals surface area contributed by atoms with Crippen LogP contribution in [0.4, 0.5) is 0 Å². The molecule has 0 aromatic rings. The van der Waals surface area contributed by atoms with Gasteiger partial charge in [0.1, 0.15) is 0 Å². The molecule has 0 saturated heterocycles. The molecule has 1 unspecified atom stereocenters. The highest BCUT2D eigenvalue weighted by Crippen LogP contribution is 2.54. The molecule has 17 heavy (non-hydrogen) atoms. The van der Waals surface area contributed by atoms with Gasteiger partial charge in [0.05, 0.1) is 0 Å². The predicted octanol–water partition coefficient (Wildman–Crippen LogP) is 3.59. The summed E-state index contributed by atoms with van der Waals surface area (Å²) < 4.78 is 0. The van der Waals surface area contributed by atoms with Crippen LogP contribution in [0.2, 0.25) is 0 Å². The summed E-state index contributed by atoms with van der Waals surface area (Å²) in [5.41, 5.74) is 0. The van der Waals surface area contributed by atoms with Crippen LogP contribution in [-0.4, -0.2) is 12.1 Å².